The van der Waals surface area contributed by atoms with E-state index in [4.69, 9.17) is 4.74 Å². The Morgan fingerprint density at radius 2 is 1.73 bits per heavy atom. The van der Waals surface area contributed by atoms with E-state index in [1.165, 1.54) is 12.1 Å². The Labute approximate surface area is 89.7 Å². The highest BCUT2D eigenvalue weighted by Gasteiger charge is 2.23. The van der Waals surface area contributed by atoms with E-state index in [2.05, 4.69) is 0 Å². The Morgan fingerprint density at radius 3 is 2.13 bits per heavy atom. The van der Waals surface area contributed by atoms with Gasteiger partial charge in [-0.25, -0.2) is 4.39 Å². The highest BCUT2D eigenvalue weighted by Crippen LogP contribution is 2.24. The van der Waals surface area contributed by atoms with Crippen molar-refractivity contribution >= 4 is 0 Å². The van der Waals surface area contributed by atoms with Gasteiger partial charge in [0.25, 0.3) is 0 Å². The molecule has 0 aliphatic carbocycles. The number of aliphatic hydroxyl groups excluding tert-OH is 1. The fourth-order valence-electron chi connectivity index (χ4n) is 1.62. The summed E-state index contributed by atoms with van der Waals surface area (Å²) < 4.78 is 17.9. The SMILES string of the molecule is COC(C(C)C)C(O)c1ccc(F)cc1. The topological polar surface area (TPSA) is 29.5 Å². The number of ether oxygens (including phenoxy) is 1. The van der Waals surface area contributed by atoms with E-state index >= 15 is 0 Å². The average Bonchev–Trinajstić information content (AvgIpc) is 2.19. The normalized spacial score (nSPS) is 15.3. The zero-order chi connectivity index (χ0) is 11.4. The summed E-state index contributed by atoms with van der Waals surface area (Å²) in [6.45, 7) is 3.95. The number of halogens is 1. The van der Waals surface area contributed by atoms with Crippen molar-refractivity contribution in [3.8, 4) is 0 Å². The fourth-order valence-corrected chi connectivity index (χ4v) is 1.62. The van der Waals surface area contributed by atoms with Crippen molar-refractivity contribution in [1.29, 1.82) is 0 Å². The van der Waals surface area contributed by atoms with Gasteiger partial charge in [-0.3, -0.25) is 0 Å². The lowest BCUT2D eigenvalue weighted by Gasteiger charge is -2.25. The van der Waals surface area contributed by atoms with Gasteiger partial charge < -0.3 is 9.84 Å². The number of hydrogen-bond acceptors (Lipinski definition) is 2. The molecule has 0 bridgehead atoms. The van der Waals surface area contributed by atoms with Gasteiger partial charge in [-0.05, 0) is 23.6 Å². The zero-order valence-corrected chi connectivity index (χ0v) is 9.27. The zero-order valence-electron chi connectivity index (χ0n) is 9.27. The van der Waals surface area contributed by atoms with Gasteiger partial charge in [-0.2, -0.15) is 0 Å². The standard InChI is InChI=1S/C12H17FO2/c1-8(2)12(15-3)11(14)9-4-6-10(13)7-5-9/h4-8,11-12,14H,1-3H3. The molecule has 3 heteroatoms. The van der Waals surface area contributed by atoms with Crippen LogP contribution in [0, 0.1) is 11.7 Å². The van der Waals surface area contributed by atoms with E-state index in [1.54, 1.807) is 19.2 Å². The molecule has 0 aliphatic rings. The lowest BCUT2D eigenvalue weighted by Crippen LogP contribution is -2.26. The molecule has 1 rings (SSSR count). The van der Waals surface area contributed by atoms with Crippen LogP contribution in [0.2, 0.25) is 0 Å². The van der Waals surface area contributed by atoms with Crippen LogP contribution >= 0.6 is 0 Å². The molecule has 0 aromatic heterocycles. The monoisotopic (exact) mass is 212 g/mol. The molecule has 0 radical (unpaired) electrons. The summed E-state index contributed by atoms with van der Waals surface area (Å²) in [7, 11) is 1.57. The van der Waals surface area contributed by atoms with E-state index in [0.29, 0.717) is 5.56 Å². The van der Waals surface area contributed by atoms with Crippen molar-refractivity contribution in [2.24, 2.45) is 5.92 Å². The lowest BCUT2D eigenvalue weighted by atomic mass is 9.96. The summed E-state index contributed by atoms with van der Waals surface area (Å²) >= 11 is 0. The van der Waals surface area contributed by atoms with E-state index < -0.39 is 6.10 Å². The van der Waals surface area contributed by atoms with Crippen LogP contribution in [0.25, 0.3) is 0 Å². The van der Waals surface area contributed by atoms with Gasteiger partial charge in [0.2, 0.25) is 0 Å². The van der Waals surface area contributed by atoms with Crippen LogP contribution < -0.4 is 0 Å². The Bertz CT molecular complexity index is 295. The number of methoxy groups -OCH3 is 1. The molecule has 2 atom stereocenters. The Balaban J connectivity index is 2.82. The second kappa shape index (κ2) is 5.24. The van der Waals surface area contributed by atoms with Crippen LogP contribution in [0.4, 0.5) is 4.39 Å². The maximum absolute atomic E-state index is 12.7. The quantitative estimate of drug-likeness (QED) is 0.831. The van der Waals surface area contributed by atoms with E-state index in [0.717, 1.165) is 0 Å². The average molecular weight is 212 g/mol. The second-order valence-corrected chi connectivity index (χ2v) is 3.94. The molecule has 1 N–H and O–H groups in total. The van der Waals surface area contributed by atoms with Crippen LogP contribution in [0.5, 0.6) is 0 Å². The smallest absolute Gasteiger partial charge is 0.123 e. The van der Waals surface area contributed by atoms with Crippen molar-refractivity contribution < 1.29 is 14.2 Å². The van der Waals surface area contributed by atoms with Crippen molar-refractivity contribution in [1.82, 2.24) is 0 Å². The fraction of sp³-hybridized carbons (Fsp3) is 0.500. The Kier molecular flexibility index (Phi) is 4.24. The number of aliphatic hydroxyl groups is 1. The van der Waals surface area contributed by atoms with E-state index in [9.17, 15) is 9.50 Å². The van der Waals surface area contributed by atoms with Gasteiger partial charge >= 0.3 is 0 Å². The van der Waals surface area contributed by atoms with Crippen LogP contribution in [0.15, 0.2) is 24.3 Å². The Morgan fingerprint density at radius 1 is 1.20 bits per heavy atom. The maximum Gasteiger partial charge on any atom is 0.123 e. The van der Waals surface area contributed by atoms with Crippen molar-refractivity contribution in [2.75, 3.05) is 7.11 Å². The van der Waals surface area contributed by atoms with Gasteiger partial charge in [-0.15, -0.1) is 0 Å². The summed E-state index contributed by atoms with van der Waals surface area (Å²) in [5.74, 6) is -0.0977. The molecule has 2 nitrogen and oxygen atoms in total. The van der Waals surface area contributed by atoms with Gasteiger partial charge in [-0.1, -0.05) is 26.0 Å². The number of benzene rings is 1. The molecule has 0 aliphatic heterocycles. The first-order valence-corrected chi connectivity index (χ1v) is 5.02. The molecular weight excluding hydrogens is 195 g/mol. The lowest BCUT2D eigenvalue weighted by molar-refractivity contribution is -0.0391. The predicted molar refractivity (Wildman–Crippen MR) is 57.0 cm³/mol. The number of hydrogen-bond donors (Lipinski definition) is 1. The number of rotatable bonds is 4. The van der Waals surface area contributed by atoms with Crippen LogP contribution in [-0.4, -0.2) is 18.3 Å². The third kappa shape index (κ3) is 3.01. The third-order valence-corrected chi connectivity index (χ3v) is 2.45. The maximum atomic E-state index is 12.7. The summed E-state index contributed by atoms with van der Waals surface area (Å²) in [5.41, 5.74) is 0.678. The van der Waals surface area contributed by atoms with Crippen molar-refractivity contribution in [3.63, 3.8) is 0 Å². The van der Waals surface area contributed by atoms with Crippen LogP contribution in [0.1, 0.15) is 25.5 Å². The van der Waals surface area contributed by atoms with Crippen molar-refractivity contribution in [2.45, 2.75) is 26.1 Å². The first-order chi connectivity index (χ1) is 7.06. The molecule has 0 fully saturated rings. The minimum absolute atomic E-state index is 0.204. The molecule has 2 unspecified atom stereocenters. The summed E-state index contributed by atoms with van der Waals surface area (Å²) in [4.78, 5) is 0. The molecule has 84 valence electrons. The third-order valence-electron chi connectivity index (χ3n) is 2.45. The van der Waals surface area contributed by atoms with Gasteiger partial charge in [0.1, 0.15) is 11.9 Å². The minimum atomic E-state index is -0.712. The molecule has 15 heavy (non-hydrogen) atoms. The molecule has 0 saturated heterocycles. The molecule has 0 saturated carbocycles. The summed E-state index contributed by atoms with van der Waals surface area (Å²) in [6.07, 6.45) is -0.980. The van der Waals surface area contributed by atoms with Gasteiger partial charge in [0.15, 0.2) is 0 Å². The molecule has 1 aromatic carbocycles. The predicted octanol–water partition coefficient (Wildman–Crippen LogP) is 2.53. The van der Waals surface area contributed by atoms with Crippen molar-refractivity contribution in [3.05, 3.63) is 35.6 Å². The second-order valence-electron chi connectivity index (χ2n) is 3.94. The van der Waals surface area contributed by atoms with E-state index in [-0.39, 0.29) is 17.8 Å². The van der Waals surface area contributed by atoms with Gasteiger partial charge in [0, 0.05) is 7.11 Å². The largest absolute Gasteiger partial charge is 0.386 e. The summed E-state index contributed by atoms with van der Waals surface area (Å²) in [6, 6.07) is 5.83. The first kappa shape index (κ1) is 12.1. The molecule has 1 aromatic rings. The summed E-state index contributed by atoms with van der Waals surface area (Å²) in [5, 5.41) is 9.99. The molecule has 0 amide bonds. The van der Waals surface area contributed by atoms with Crippen LogP contribution in [0.3, 0.4) is 0 Å². The molecular formula is C12H17FO2. The Hall–Kier alpha value is -0.930. The highest BCUT2D eigenvalue weighted by atomic mass is 19.1. The minimum Gasteiger partial charge on any atom is -0.386 e. The highest BCUT2D eigenvalue weighted by molar-refractivity contribution is 5.19. The first-order valence-electron chi connectivity index (χ1n) is 5.02. The van der Waals surface area contributed by atoms with Gasteiger partial charge in [0.05, 0.1) is 6.10 Å². The van der Waals surface area contributed by atoms with E-state index in [1.807, 2.05) is 13.8 Å². The molecule has 0 spiro atoms. The molecule has 0 heterocycles. The van der Waals surface area contributed by atoms with Crippen LogP contribution in [-0.2, 0) is 4.74 Å².